The van der Waals surface area contributed by atoms with Gasteiger partial charge in [-0.05, 0) is 0 Å². The first-order chi connectivity index (χ1) is 1.73. The predicted octanol–water partition coefficient (Wildman–Crippen LogP) is -0.797. The molecule has 0 heterocycles. The molecular weight excluding hydrogens is 261 g/mol. The summed E-state index contributed by atoms with van der Waals surface area (Å²) >= 11 is -3.69. The van der Waals surface area contributed by atoms with Gasteiger partial charge in [0.25, 0.3) is 0 Å². The summed E-state index contributed by atoms with van der Waals surface area (Å²) in [6.07, 6.45) is 0. The van der Waals surface area contributed by atoms with Crippen molar-refractivity contribution in [3.05, 3.63) is 0 Å². The van der Waals surface area contributed by atoms with Gasteiger partial charge < -0.3 is 0 Å². The van der Waals surface area contributed by atoms with E-state index in [0.717, 1.165) is 0 Å². The van der Waals surface area contributed by atoms with Crippen LogP contribution in [0, 0.1) is 38.2 Å². The first-order valence-corrected chi connectivity index (χ1v) is 2.33. The van der Waals surface area contributed by atoms with Crippen LogP contribution in [-0.4, -0.2) is 4.03 Å². The van der Waals surface area contributed by atoms with Crippen molar-refractivity contribution >= 4 is 0 Å². The summed E-state index contributed by atoms with van der Waals surface area (Å²) in [4.78, 5) is 0. The number of hydrogen-bond acceptors (Lipinski definition) is 2. The molecule has 0 fully saturated rings. The van der Waals surface area contributed by atoms with Crippen molar-refractivity contribution in [2.24, 2.45) is 0 Å². The molecule has 3 nitrogen and oxygen atoms in total. The molecule has 0 aliphatic carbocycles. The van der Waals surface area contributed by atoms with E-state index >= 15 is 0 Å². The molecular formula is HDyO3V. The van der Waals surface area contributed by atoms with Crippen molar-refractivity contribution in [2.75, 3.05) is 0 Å². The van der Waals surface area contributed by atoms with Crippen molar-refractivity contribution in [1.82, 2.24) is 0 Å². The third kappa shape index (κ3) is 31.5. The van der Waals surface area contributed by atoms with Crippen LogP contribution >= 0.6 is 0 Å². The Bertz CT molecular complexity index is 55.3. The van der Waals surface area contributed by atoms with Gasteiger partial charge >= 0.3 is 26.8 Å². The van der Waals surface area contributed by atoms with Crippen molar-refractivity contribution in [2.45, 2.75) is 0 Å². The van der Waals surface area contributed by atoms with Crippen LogP contribution < -0.4 is 0 Å². The zero-order valence-electron chi connectivity index (χ0n) is 2.03. The molecule has 0 amide bonds. The molecule has 0 saturated heterocycles. The molecule has 0 aromatic carbocycles. The van der Waals surface area contributed by atoms with E-state index in [0.29, 0.717) is 0 Å². The zero-order valence-corrected chi connectivity index (χ0v) is 5.45. The monoisotopic (exact) mass is 264 g/mol. The fourth-order valence-corrected chi connectivity index (χ4v) is 0. The standard InChI is InChI=1S/Dy.H2O.2O.V/h;1H2;;;/q;;;;+1/p-1. The molecule has 5 heavy (non-hydrogen) atoms. The molecule has 0 aliphatic heterocycles. The van der Waals surface area contributed by atoms with Crippen molar-refractivity contribution in [3.63, 3.8) is 0 Å². The molecule has 0 radical (unpaired) electrons. The second kappa shape index (κ2) is 5.42. The molecule has 34 valence electrons. The average molecular weight is 262 g/mol. The van der Waals surface area contributed by atoms with Crippen LogP contribution in [0.1, 0.15) is 0 Å². The molecule has 0 unspecified atom stereocenters. The summed E-state index contributed by atoms with van der Waals surface area (Å²) in [6, 6.07) is 0. The Kier molecular flexibility index (Phi) is 10.5. The first kappa shape index (κ1) is 9.65. The summed E-state index contributed by atoms with van der Waals surface area (Å²) in [5.41, 5.74) is 0. The Morgan fingerprint density at radius 2 is 1.40 bits per heavy atom. The Hall–Kier alpha value is 1.42. The van der Waals surface area contributed by atoms with Gasteiger partial charge in [0, 0.05) is 38.2 Å². The maximum absolute atomic E-state index is 8.67. The Balaban J connectivity index is 0. The zero-order chi connectivity index (χ0) is 3.58. The molecule has 0 spiro atoms. The molecule has 0 rings (SSSR count). The van der Waals surface area contributed by atoms with Crippen LogP contribution in [0.5, 0.6) is 0 Å². The van der Waals surface area contributed by atoms with Gasteiger partial charge in [0.05, 0.1) is 0 Å². The Labute approximate surface area is 64.1 Å². The van der Waals surface area contributed by atoms with E-state index in [9.17, 15) is 0 Å². The first-order valence-electron chi connectivity index (χ1n) is 0.565. The molecule has 0 aliphatic rings. The van der Waals surface area contributed by atoms with E-state index in [2.05, 4.69) is 0 Å². The summed E-state index contributed by atoms with van der Waals surface area (Å²) in [6.45, 7) is 0. The summed E-state index contributed by atoms with van der Waals surface area (Å²) in [5.74, 6) is 0. The van der Waals surface area contributed by atoms with E-state index in [1.54, 1.807) is 0 Å². The third-order valence-corrected chi connectivity index (χ3v) is 0. The molecule has 1 N–H and O–H groups in total. The SMILES string of the molecule is [Dy].[O]=[V](=[O])[OH]. The van der Waals surface area contributed by atoms with Crippen molar-refractivity contribution in [1.29, 1.82) is 0 Å². The normalized spacial score (nSPS) is 5.00. The topological polar surface area (TPSA) is 54.4 Å². The van der Waals surface area contributed by atoms with Crippen LogP contribution in [0.4, 0.5) is 0 Å². The van der Waals surface area contributed by atoms with E-state index in [-0.39, 0.29) is 38.2 Å². The second-order valence-electron chi connectivity index (χ2n) is 0.238. The molecule has 0 aromatic heterocycles. The molecule has 0 bridgehead atoms. The van der Waals surface area contributed by atoms with Gasteiger partial charge in [-0.15, -0.1) is 0 Å². The van der Waals surface area contributed by atoms with Crippen LogP contribution in [0.25, 0.3) is 0 Å². The summed E-state index contributed by atoms with van der Waals surface area (Å²) in [7, 11) is 0. The predicted molar refractivity (Wildman–Crippen MR) is 3.59 cm³/mol. The third-order valence-electron chi connectivity index (χ3n) is 0. The van der Waals surface area contributed by atoms with E-state index in [4.69, 9.17) is 11.4 Å². The summed E-state index contributed by atoms with van der Waals surface area (Å²) < 4.78 is 24.4. The van der Waals surface area contributed by atoms with Gasteiger partial charge in [-0.3, -0.25) is 0 Å². The van der Waals surface area contributed by atoms with E-state index in [1.807, 2.05) is 0 Å². The van der Waals surface area contributed by atoms with Gasteiger partial charge in [0.2, 0.25) is 0 Å². The second-order valence-corrected chi connectivity index (χ2v) is 0.981. The van der Waals surface area contributed by atoms with Crippen LogP contribution in [0.15, 0.2) is 0 Å². The van der Waals surface area contributed by atoms with Gasteiger partial charge in [-0.25, -0.2) is 0 Å². The van der Waals surface area contributed by atoms with Gasteiger partial charge in [0.1, 0.15) is 0 Å². The van der Waals surface area contributed by atoms with Gasteiger partial charge in [-0.2, -0.15) is 0 Å². The Morgan fingerprint density at radius 3 is 1.40 bits per heavy atom. The van der Waals surface area contributed by atoms with Crippen molar-refractivity contribution < 1.29 is 65.0 Å². The minimum absolute atomic E-state index is 0. The molecule has 0 saturated carbocycles. The summed E-state index contributed by atoms with van der Waals surface area (Å²) in [5, 5.41) is 0. The average Bonchev–Trinajstić information content (AvgIpc) is 0.811. The van der Waals surface area contributed by atoms with Crippen LogP contribution in [0.2, 0.25) is 0 Å². The minimum atomic E-state index is -3.69. The van der Waals surface area contributed by atoms with Crippen molar-refractivity contribution in [3.8, 4) is 0 Å². The quantitative estimate of drug-likeness (QED) is 0.622. The van der Waals surface area contributed by atoms with Gasteiger partial charge in [0.15, 0.2) is 0 Å². The van der Waals surface area contributed by atoms with Gasteiger partial charge in [-0.1, -0.05) is 0 Å². The number of hydrogen-bond donors (Lipinski definition) is 1. The fourth-order valence-electron chi connectivity index (χ4n) is 0. The van der Waals surface area contributed by atoms with E-state index in [1.165, 1.54) is 0 Å². The molecule has 0 aromatic rings. The fraction of sp³-hybridized carbons (Fsp3) is 0. The van der Waals surface area contributed by atoms with E-state index < -0.39 is 15.4 Å². The molecule has 5 heteroatoms. The molecule has 0 atom stereocenters. The van der Waals surface area contributed by atoms with Crippen LogP contribution in [0.3, 0.4) is 0 Å². The number of rotatable bonds is 0. The maximum atomic E-state index is 8.67. The Morgan fingerprint density at radius 1 is 1.40 bits per heavy atom. The van der Waals surface area contributed by atoms with Crippen LogP contribution in [-0.2, 0) is 22.7 Å².